The van der Waals surface area contributed by atoms with Gasteiger partial charge in [0, 0.05) is 8.95 Å². The number of rotatable bonds is 6. The Labute approximate surface area is 223 Å². The van der Waals surface area contributed by atoms with Crippen LogP contribution in [0.25, 0.3) is 17.1 Å². The predicted octanol–water partition coefficient (Wildman–Crippen LogP) is 7.17. The van der Waals surface area contributed by atoms with E-state index in [1.54, 1.807) is 30.3 Å². The highest BCUT2D eigenvalue weighted by Crippen LogP contribution is 2.35. The molecule has 1 amide bonds. The minimum atomic E-state index is -0.226. The molecular formula is C24H19Br2ClN4O2S. The Hall–Kier alpha value is -2.33. The largest absolute Gasteiger partial charge is 0.507 e. The molecule has 0 atom stereocenters. The third-order valence-electron chi connectivity index (χ3n) is 4.96. The number of phenolic OH excluding ortho intramolecular Hbond substituents is 1. The molecule has 0 bridgehead atoms. The van der Waals surface area contributed by atoms with E-state index in [-0.39, 0.29) is 17.4 Å². The molecule has 0 spiro atoms. The van der Waals surface area contributed by atoms with Crippen molar-refractivity contribution in [3.63, 3.8) is 0 Å². The van der Waals surface area contributed by atoms with Gasteiger partial charge in [-0.3, -0.25) is 9.36 Å². The van der Waals surface area contributed by atoms with Gasteiger partial charge in [-0.1, -0.05) is 72.9 Å². The Kier molecular flexibility index (Phi) is 7.67. The van der Waals surface area contributed by atoms with Crippen LogP contribution in [0, 0.1) is 13.8 Å². The van der Waals surface area contributed by atoms with Gasteiger partial charge in [0.25, 0.3) is 0 Å². The molecule has 34 heavy (non-hydrogen) atoms. The normalized spacial score (nSPS) is 11.0. The van der Waals surface area contributed by atoms with E-state index in [0.717, 1.165) is 25.8 Å². The molecule has 6 nitrogen and oxygen atoms in total. The lowest BCUT2D eigenvalue weighted by atomic mass is 10.1. The van der Waals surface area contributed by atoms with Crippen LogP contribution in [0.15, 0.2) is 68.7 Å². The molecule has 0 aliphatic rings. The van der Waals surface area contributed by atoms with E-state index < -0.39 is 0 Å². The van der Waals surface area contributed by atoms with E-state index in [0.29, 0.717) is 27.3 Å². The van der Waals surface area contributed by atoms with E-state index in [4.69, 9.17) is 11.6 Å². The quantitative estimate of drug-likeness (QED) is 0.223. The Balaban J connectivity index is 1.68. The SMILES string of the molecule is Cc1ccc(-n2c(SCC(=O)Nc3ccc(Br)cc3Cl)nnc2-c2cc(Br)ccc2O)c(C)c1. The highest BCUT2D eigenvalue weighted by atomic mass is 79.9. The number of nitrogens with one attached hydrogen (secondary N) is 1. The molecule has 2 N–H and O–H groups in total. The van der Waals surface area contributed by atoms with Gasteiger partial charge in [-0.25, -0.2) is 0 Å². The molecule has 1 aromatic heterocycles. The lowest BCUT2D eigenvalue weighted by Gasteiger charge is -2.14. The van der Waals surface area contributed by atoms with Crippen molar-refractivity contribution >= 4 is 66.8 Å². The maximum absolute atomic E-state index is 12.7. The number of hydrogen-bond acceptors (Lipinski definition) is 5. The van der Waals surface area contributed by atoms with Crippen molar-refractivity contribution in [1.29, 1.82) is 0 Å². The zero-order chi connectivity index (χ0) is 24.4. The molecule has 0 aliphatic heterocycles. The topological polar surface area (TPSA) is 80.0 Å². The molecule has 4 aromatic rings. The Morgan fingerprint density at radius 1 is 1.06 bits per heavy atom. The van der Waals surface area contributed by atoms with Gasteiger partial charge in [-0.05, 0) is 61.9 Å². The monoisotopic (exact) mass is 620 g/mol. The van der Waals surface area contributed by atoms with E-state index >= 15 is 0 Å². The first kappa shape index (κ1) is 24.8. The van der Waals surface area contributed by atoms with Gasteiger partial charge in [0.1, 0.15) is 5.75 Å². The average Bonchev–Trinajstić information content (AvgIpc) is 3.19. The summed E-state index contributed by atoms with van der Waals surface area (Å²) in [6, 6.07) is 16.5. The van der Waals surface area contributed by atoms with Crippen molar-refractivity contribution < 1.29 is 9.90 Å². The first-order valence-corrected chi connectivity index (χ1v) is 13.1. The van der Waals surface area contributed by atoms with Gasteiger partial charge in [-0.15, -0.1) is 10.2 Å². The van der Waals surface area contributed by atoms with Gasteiger partial charge in [0.2, 0.25) is 5.91 Å². The van der Waals surface area contributed by atoms with Crippen LogP contribution in [0.5, 0.6) is 5.75 Å². The number of benzene rings is 3. The van der Waals surface area contributed by atoms with Crippen molar-refractivity contribution in [2.45, 2.75) is 19.0 Å². The van der Waals surface area contributed by atoms with E-state index in [1.165, 1.54) is 11.8 Å². The third kappa shape index (κ3) is 5.49. The summed E-state index contributed by atoms with van der Waals surface area (Å²) in [4.78, 5) is 12.7. The third-order valence-corrected chi connectivity index (χ3v) is 7.19. The highest BCUT2D eigenvalue weighted by molar-refractivity contribution is 9.10. The minimum absolute atomic E-state index is 0.0841. The van der Waals surface area contributed by atoms with Crippen LogP contribution >= 0.6 is 55.2 Å². The predicted molar refractivity (Wildman–Crippen MR) is 144 cm³/mol. The van der Waals surface area contributed by atoms with Crippen LogP contribution in [0.1, 0.15) is 11.1 Å². The lowest BCUT2D eigenvalue weighted by Crippen LogP contribution is -2.15. The molecule has 0 unspecified atom stereocenters. The van der Waals surface area contributed by atoms with E-state index in [9.17, 15) is 9.90 Å². The van der Waals surface area contributed by atoms with Crippen molar-refractivity contribution in [3.05, 3.63) is 79.7 Å². The van der Waals surface area contributed by atoms with Crippen molar-refractivity contribution in [2.24, 2.45) is 0 Å². The smallest absolute Gasteiger partial charge is 0.234 e. The summed E-state index contributed by atoms with van der Waals surface area (Å²) in [7, 11) is 0. The van der Waals surface area contributed by atoms with Gasteiger partial charge in [-0.2, -0.15) is 0 Å². The van der Waals surface area contributed by atoms with Crippen LogP contribution < -0.4 is 5.32 Å². The maximum Gasteiger partial charge on any atom is 0.234 e. The Morgan fingerprint density at radius 3 is 2.53 bits per heavy atom. The number of halogens is 3. The number of hydrogen-bond donors (Lipinski definition) is 2. The number of aromatic nitrogens is 3. The first-order chi connectivity index (χ1) is 16.2. The van der Waals surface area contributed by atoms with Crippen LogP contribution in [0.2, 0.25) is 5.02 Å². The van der Waals surface area contributed by atoms with E-state index in [1.807, 2.05) is 36.6 Å². The number of phenols is 1. The van der Waals surface area contributed by atoms with Crippen LogP contribution in [0.3, 0.4) is 0 Å². The second kappa shape index (κ2) is 10.5. The number of carbonyl (C=O) groups is 1. The fourth-order valence-electron chi connectivity index (χ4n) is 3.41. The minimum Gasteiger partial charge on any atom is -0.507 e. The second-order valence-corrected chi connectivity index (χ2v) is 10.7. The Morgan fingerprint density at radius 2 is 1.79 bits per heavy atom. The molecule has 174 valence electrons. The molecule has 10 heteroatoms. The van der Waals surface area contributed by atoms with Gasteiger partial charge in [0.15, 0.2) is 11.0 Å². The fraction of sp³-hybridized carbons (Fsp3) is 0.125. The molecule has 3 aromatic carbocycles. The number of anilines is 1. The van der Waals surface area contributed by atoms with Crippen LogP contribution in [0.4, 0.5) is 5.69 Å². The molecule has 0 radical (unpaired) electrons. The molecule has 0 saturated carbocycles. The summed E-state index contributed by atoms with van der Waals surface area (Å²) in [5.74, 6) is 0.432. The van der Waals surface area contributed by atoms with Gasteiger partial charge in [0.05, 0.1) is 27.7 Å². The molecule has 0 fully saturated rings. The summed E-state index contributed by atoms with van der Waals surface area (Å²) in [6.45, 7) is 4.03. The zero-order valence-corrected chi connectivity index (χ0v) is 22.9. The fourth-order valence-corrected chi connectivity index (χ4v) is 5.23. The summed E-state index contributed by atoms with van der Waals surface area (Å²) < 4.78 is 3.49. The number of aryl methyl sites for hydroxylation is 2. The first-order valence-electron chi connectivity index (χ1n) is 10.1. The Bertz CT molecular complexity index is 1390. The van der Waals surface area contributed by atoms with Crippen LogP contribution in [-0.2, 0) is 4.79 Å². The van der Waals surface area contributed by atoms with Crippen molar-refractivity contribution in [3.8, 4) is 22.8 Å². The van der Waals surface area contributed by atoms with Crippen molar-refractivity contribution in [1.82, 2.24) is 14.8 Å². The average molecular weight is 623 g/mol. The summed E-state index contributed by atoms with van der Waals surface area (Å²) in [6.07, 6.45) is 0. The number of amides is 1. The maximum atomic E-state index is 12.7. The van der Waals surface area contributed by atoms with Gasteiger partial charge >= 0.3 is 0 Å². The van der Waals surface area contributed by atoms with E-state index in [2.05, 4.69) is 53.4 Å². The number of aromatic hydroxyl groups is 1. The molecule has 1 heterocycles. The lowest BCUT2D eigenvalue weighted by molar-refractivity contribution is -0.113. The summed E-state index contributed by atoms with van der Waals surface area (Å²) >= 11 is 14.3. The van der Waals surface area contributed by atoms with Gasteiger partial charge < -0.3 is 10.4 Å². The zero-order valence-electron chi connectivity index (χ0n) is 18.1. The standard InChI is InChI=1S/C24H19Br2ClN4O2S/c1-13-3-7-20(14(2)9-13)31-23(17-10-15(25)5-8-21(17)32)29-30-24(31)34-12-22(33)28-19-6-4-16(26)11-18(19)27/h3-11,32H,12H2,1-2H3,(H,28,33). The van der Waals surface area contributed by atoms with Crippen molar-refractivity contribution in [2.75, 3.05) is 11.1 Å². The summed E-state index contributed by atoms with van der Waals surface area (Å²) in [5, 5.41) is 23.0. The van der Waals surface area contributed by atoms with Crippen LogP contribution in [-0.4, -0.2) is 31.5 Å². The molecule has 4 rings (SSSR count). The summed E-state index contributed by atoms with van der Waals surface area (Å²) in [5.41, 5.74) is 4.07. The highest BCUT2D eigenvalue weighted by Gasteiger charge is 2.21. The second-order valence-electron chi connectivity index (χ2n) is 7.55. The number of carbonyl (C=O) groups excluding carboxylic acids is 1. The number of thioether (sulfide) groups is 1. The number of nitrogens with zero attached hydrogens (tertiary/aromatic N) is 3. The molecule has 0 aliphatic carbocycles. The molecule has 0 saturated heterocycles. The molecular weight excluding hydrogens is 604 g/mol.